The maximum Gasteiger partial charge on any atom is 0.133 e. The lowest BCUT2D eigenvalue weighted by Gasteiger charge is -2.23. The summed E-state index contributed by atoms with van der Waals surface area (Å²) in [5, 5.41) is 0. The zero-order chi connectivity index (χ0) is 13.8. The molecule has 1 aromatic heterocycles. The van der Waals surface area contributed by atoms with E-state index in [1.807, 2.05) is 30.9 Å². The Balaban J connectivity index is 2.41. The lowest BCUT2D eigenvalue weighted by atomic mass is 10.2. The van der Waals surface area contributed by atoms with E-state index in [1.54, 1.807) is 12.1 Å². The summed E-state index contributed by atoms with van der Waals surface area (Å²) < 4.78 is 13.0. The van der Waals surface area contributed by atoms with Gasteiger partial charge in [-0.3, -0.25) is 0 Å². The summed E-state index contributed by atoms with van der Waals surface area (Å²) in [7, 11) is 0. The first-order chi connectivity index (χ1) is 9.13. The number of benzene rings is 1. The molecule has 0 radical (unpaired) electrons. The Bertz CT molecular complexity index is 555. The van der Waals surface area contributed by atoms with Crippen LogP contribution in [0.2, 0.25) is 0 Å². The molecule has 0 spiro atoms. The van der Waals surface area contributed by atoms with Crippen LogP contribution in [0.25, 0.3) is 0 Å². The van der Waals surface area contributed by atoms with Crippen LogP contribution in [0.15, 0.2) is 36.4 Å². The Morgan fingerprint density at radius 2 is 1.89 bits per heavy atom. The Morgan fingerprint density at radius 1 is 1.21 bits per heavy atom. The first-order valence-electron chi connectivity index (χ1n) is 6.20. The van der Waals surface area contributed by atoms with Gasteiger partial charge in [-0.2, -0.15) is 0 Å². The highest BCUT2D eigenvalue weighted by molar-refractivity contribution is 6.17. The molecule has 0 N–H and O–H groups in total. The van der Waals surface area contributed by atoms with Crippen molar-refractivity contribution in [2.45, 2.75) is 19.7 Å². The summed E-state index contributed by atoms with van der Waals surface area (Å²) in [6, 6.07) is 10.3. The van der Waals surface area contributed by atoms with Gasteiger partial charge in [-0.15, -0.1) is 11.6 Å². The highest BCUT2D eigenvalue weighted by atomic mass is 35.5. The largest absolute Gasteiger partial charge is 0.327 e. The van der Waals surface area contributed by atoms with Gasteiger partial charge in [0.25, 0.3) is 0 Å². The van der Waals surface area contributed by atoms with E-state index in [0.717, 1.165) is 29.3 Å². The van der Waals surface area contributed by atoms with Crippen molar-refractivity contribution >= 4 is 23.1 Å². The Labute approximate surface area is 117 Å². The second kappa shape index (κ2) is 6.02. The summed E-state index contributed by atoms with van der Waals surface area (Å²) >= 11 is 5.89. The van der Waals surface area contributed by atoms with Crippen molar-refractivity contribution in [2.24, 2.45) is 0 Å². The van der Waals surface area contributed by atoms with Crippen LogP contribution in [0.5, 0.6) is 0 Å². The summed E-state index contributed by atoms with van der Waals surface area (Å²) in [5.41, 5.74) is 2.88. The number of anilines is 2. The zero-order valence-electron chi connectivity index (χ0n) is 11.0. The highest BCUT2D eigenvalue weighted by Crippen LogP contribution is 2.25. The Hall–Kier alpha value is -1.61. The minimum atomic E-state index is -0.238. The predicted octanol–water partition coefficient (Wildman–Crippen LogP) is 4.43. The third kappa shape index (κ3) is 3.24. The summed E-state index contributed by atoms with van der Waals surface area (Å²) in [5.74, 6) is 1.06. The third-order valence-electron chi connectivity index (χ3n) is 2.89. The van der Waals surface area contributed by atoms with Gasteiger partial charge in [-0.05, 0) is 55.8 Å². The molecule has 0 unspecified atom stereocenters. The lowest BCUT2D eigenvalue weighted by molar-refractivity contribution is 0.627. The Morgan fingerprint density at radius 3 is 2.47 bits per heavy atom. The van der Waals surface area contributed by atoms with Crippen molar-refractivity contribution in [3.63, 3.8) is 0 Å². The first kappa shape index (κ1) is 13.8. The van der Waals surface area contributed by atoms with Crippen LogP contribution in [-0.2, 0) is 5.88 Å². The lowest BCUT2D eigenvalue weighted by Crippen LogP contribution is -2.18. The van der Waals surface area contributed by atoms with Crippen LogP contribution in [0, 0.1) is 12.7 Å². The molecular formula is C15H16ClFN2. The number of halogens is 2. The molecule has 19 heavy (non-hydrogen) atoms. The number of aryl methyl sites for hydroxylation is 1. The van der Waals surface area contributed by atoms with Crippen molar-refractivity contribution in [3.8, 4) is 0 Å². The quantitative estimate of drug-likeness (QED) is 0.769. The highest BCUT2D eigenvalue weighted by Gasteiger charge is 2.10. The van der Waals surface area contributed by atoms with E-state index in [4.69, 9.17) is 11.6 Å². The van der Waals surface area contributed by atoms with Crippen LogP contribution in [0.3, 0.4) is 0 Å². The second-order valence-electron chi connectivity index (χ2n) is 4.33. The maximum atomic E-state index is 13.0. The molecule has 0 bridgehead atoms. The fourth-order valence-electron chi connectivity index (χ4n) is 2.03. The smallest absolute Gasteiger partial charge is 0.133 e. The van der Waals surface area contributed by atoms with E-state index >= 15 is 0 Å². The average molecular weight is 279 g/mol. The molecule has 1 aromatic carbocycles. The van der Waals surface area contributed by atoms with Gasteiger partial charge in [0.15, 0.2) is 0 Å². The summed E-state index contributed by atoms with van der Waals surface area (Å²) in [6.45, 7) is 4.73. The molecule has 4 heteroatoms. The van der Waals surface area contributed by atoms with Gasteiger partial charge in [-0.1, -0.05) is 0 Å². The first-order valence-corrected chi connectivity index (χ1v) is 6.74. The third-order valence-corrected chi connectivity index (χ3v) is 3.19. The SMILES string of the molecule is CCN(c1ccc(F)cc1)c1cc(CCl)cc(C)n1. The number of rotatable bonds is 4. The molecule has 2 rings (SSSR count). The van der Waals surface area contributed by atoms with E-state index in [9.17, 15) is 4.39 Å². The summed E-state index contributed by atoms with van der Waals surface area (Å²) in [6.07, 6.45) is 0. The molecule has 100 valence electrons. The number of hydrogen-bond acceptors (Lipinski definition) is 2. The van der Waals surface area contributed by atoms with E-state index in [2.05, 4.69) is 4.98 Å². The Kier molecular flexibility index (Phi) is 4.38. The molecule has 1 heterocycles. The molecule has 2 nitrogen and oxygen atoms in total. The molecule has 0 saturated heterocycles. The minimum absolute atomic E-state index is 0.238. The molecule has 0 aliphatic heterocycles. The molecule has 0 fully saturated rings. The second-order valence-corrected chi connectivity index (χ2v) is 4.60. The zero-order valence-corrected chi connectivity index (χ0v) is 11.8. The standard InChI is InChI=1S/C15H16ClFN2/c1-3-19(14-6-4-13(17)5-7-14)15-9-12(10-16)8-11(2)18-15/h4-9H,3,10H2,1-2H3. The van der Waals surface area contributed by atoms with Crippen LogP contribution in [-0.4, -0.2) is 11.5 Å². The number of pyridine rings is 1. The molecule has 0 aliphatic rings. The van der Waals surface area contributed by atoms with Gasteiger partial charge < -0.3 is 4.90 Å². The number of hydrogen-bond donors (Lipinski definition) is 0. The molecular weight excluding hydrogens is 263 g/mol. The average Bonchev–Trinajstić information content (AvgIpc) is 2.41. The van der Waals surface area contributed by atoms with E-state index in [1.165, 1.54) is 12.1 Å². The maximum absolute atomic E-state index is 13.0. The van der Waals surface area contributed by atoms with Gasteiger partial charge in [-0.25, -0.2) is 9.37 Å². The van der Waals surface area contributed by atoms with E-state index in [-0.39, 0.29) is 5.82 Å². The van der Waals surface area contributed by atoms with Crippen molar-refractivity contribution in [3.05, 3.63) is 53.5 Å². The van der Waals surface area contributed by atoms with Crippen LogP contribution >= 0.6 is 11.6 Å². The van der Waals surface area contributed by atoms with Crippen molar-refractivity contribution in [2.75, 3.05) is 11.4 Å². The van der Waals surface area contributed by atoms with Crippen LogP contribution in [0.1, 0.15) is 18.2 Å². The number of aromatic nitrogens is 1. The van der Waals surface area contributed by atoms with Gasteiger partial charge >= 0.3 is 0 Å². The number of nitrogens with zero attached hydrogens (tertiary/aromatic N) is 2. The normalized spacial score (nSPS) is 10.5. The minimum Gasteiger partial charge on any atom is -0.327 e. The van der Waals surface area contributed by atoms with Gasteiger partial charge in [0.2, 0.25) is 0 Å². The van der Waals surface area contributed by atoms with Gasteiger partial charge in [0.05, 0.1) is 0 Å². The van der Waals surface area contributed by atoms with Crippen molar-refractivity contribution in [1.82, 2.24) is 4.98 Å². The van der Waals surface area contributed by atoms with Gasteiger partial charge in [0.1, 0.15) is 11.6 Å². The van der Waals surface area contributed by atoms with E-state index in [0.29, 0.717) is 5.88 Å². The molecule has 0 atom stereocenters. The van der Waals surface area contributed by atoms with E-state index < -0.39 is 0 Å². The van der Waals surface area contributed by atoms with Gasteiger partial charge in [0, 0.05) is 23.8 Å². The van der Waals surface area contributed by atoms with Crippen LogP contribution in [0.4, 0.5) is 15.9 Å². The molecule has 0 aliphatic carbocycles. The summed E-state index contributed by atoms with van der Waals surface area (Å²) in [4.78, 5) is 6.56. The predicted molar refractivity (Wildman–Crippen MR) is 77.6 cm³/mol. The van der Waals surface area contributed by atoms with Crippen molar-refractivity contribution in [1.29, 1.82) is 0 Å². The number of alkyl halides is 1. The van der Waals surface area contributed by atoms with Crippen LogP contribution < -0.4 is 4.90 Å². The monoisotopic (exact) mass is 278 g/mol. The fourth-order valence-corrected chi connectivity index (χ4v) is 2.19. The molecule has 0 saturated carbocycles. The molecule has 2 aromatic rings. The van der Waals surface area contributed by atoms with Crippen molar-refractivity contribution < 1.29 is 4.39 Å². The fraction of sp³-hybridized carbons (Fsp3) is 0.267. The molecule has 0 amide bonds. The topological polar surface area (TPSA) is 16.1 Å².